The minimum absolute atomic E-state index is 0.00404. The van der Waals surface area contributed by atoms with Crippen LogP contribution in [0.3, 0.4) is 0 Å². The molecule has 0 bridgehead atoms. The third-order valence-corrected chi connectivity index (χ3v) is 14.1. The number of carbonyl (C=O) groups excluding carboxylic acids is 7. The fraction of sp³-hybridized carbons (Fsp3) is 0.774. The topological polar surface area (TPSA) is 194 Å². The molecule has 1 aliphatic rings. The van der Waals surface area contributed by atoms with Crippen molar-refractivity contribution in [2.75, 3.05) is 64.6 Å². The van der Waals surface area contributed by atoms with Gasteiger partial charge in [-0.05, 0) is 43.9 Å². The predicted molar refractivity (Wildman–Crippen MR) is 305 cm³/mol. The van der Waals surface area contributed by atoms with Crippen LogP contribution in [0.25, 0.3) is 0 Å². The number of aromatic nitrogens is 1. The molecule has 0 unspecified atom stereocenters. The van der Waals surface area contributed by atoms with Crippen LogP contribution in [0.1, 0.15) is 227 Å². The van der Waals surface area contributed by atoms with Gasteiger partial charge in [-0.25, -0.2) is 4.79 Å². The fourth-order valence-electron chi connectivity index (χ4n) is 9.24. The van der Waals surface area contributed by atoms with E-state index in [1.807, 2.05) is 24.1 Å². The molecule has 1 aliphatic heterocycles. The van der Waals surface area contributed by atoms with E-state index in [4.69, 9.17) is 28.4 Å². The molecule has 1 aromatic rings. The summed E-state index contributed by atoms with van der Waals surface area (Å²) < 4.78 is 34.4. The van der Waals surface area contributed by atoms with E-state index >= 15 is 0 Å². The molecule has 16 nitrogen and oxygen atoms in total. The summed E-state index contributed by atoms with van der Waals surface area (Å²) in [6.45, 7) is 8.63. The first-order chi connectivity index (χ1) is 37.9. The van der Waals surface area contributed by atoms with Crippen molar-refractivity contribution in [2.45, 2.75) is 233 Å². The van der Waals surface area contributed by atoms with Gasteiger partial charge in [0.25, 0.3) is 0 Å². The van der Waals surface area contributed by atoms with Crippen molar-refractivity contribution in [3.63, 3.8) is 0 Å². The number of anilines is 1. The molecular formula is C62H103N3O13. The highest BCUT2D eigenvalue weighted by molar-refractivity contribution is 5.79. The van der Waals surface area contributed by atoms with Crippen molar-refractivity contribution in [1.29, 1.82) is 0 Å². The molecule has 0 saturated heterocycles. The van der Waals surface area contributed by atoms with Crippen molar-refractivity contribution in [2.24, 2.45) is 17.8 Å². The Kier molecular flexibility index (Phi) is 40.6. The number of pyridine rings is 1. The van der Waals surface area contributed by atoms with E-state index in [9.17, 15) is 33.6 Å². The maximum Gasteiger partial charge on any atom is 0.409 e. The Bertz CT molecular complexity index is 1650. The van der Waals surface area contributed by atoms with Gasteiger partial charge in [0.2, 0.25) is 0 Å². The van der Waals surface area contributed by atoms with Gasteiger partial charge in [-0.2, -0.15) is 0 Å². The van der Waals surface area contributed by atoms with E-state index in [1.54, 1.807) is 24.5 Å². The molecule has 78 heavy (non-hydrogen) atoms. The highest BCUT2D eigenvalue weighted by atomic mass is 16.6. The average molecular weight is 1100 g/mol. The van der Waals surface area contributed by atoms with Crippen LogP contribution in [-0.4, -0.2) is 117 Å². The molecule has 0 fully saturated rings. The normalized spacial score (nSPS) is 14.2. The third kappa shape index (κ3) is 36.2. The van der Waals surface area contributed by atoms with Gasteiger partial charge in [0, 0.05) is 88.0 Å². The highest BCUT2D eigenvalue weighted by Crippen LogP contribution is 2.22. The zero-order valence-corrected chi connectivity index (χ0v) is 49.0. The van der Waals surface area contributed by atoms with Crippen LogP contribution < -0.4 is 4.90 Å². The van der Waals surface area contributed by atoms with Crippen LogP contribution in [0.15, 0.2) is 36.7 Å². The minimum Gasteiger partial charge on any atom is -0.465 e. The number of rotatable bonds is 47. The number of amides is 1. The second kappa shape index (κ2) is 45.8. The van der Waals surface area contributed by atoms with Crippen LogP contribution in [0.4, 0.5) is 10.5 Å². The van der Waals surface area contributed by atoms with Crippen LogP contribution in [0, 0.1) is 17.8 Å². The molecule has 0 aliphatic carbocycles. The van der Waals surface area contributed by atoms with E-state index in [-0.39, 0.29) is 121 Å². The zero-order valence-electron chi connectivity index (χ0n) is 49.0. The lowest BCUT2D eigenvalue weighted by molar-refractivity contribution is -0.156. The van der Waals surface area contributed by atoms with Crippen LogP contribution in [-0.2, 0) is 57.2 Å². The Labute approximate surface area is 469 Å². The summed E-state index contributed by atoms with van der Waals surface area (Å²) >= 11 is 0. The van der Waals surface area contributed by atoms with E-state index in [1.165, 1.54) is 4.90 Å². The van der Waals surface area contributed by atoms with Gasteiger partial charge in [0.1, 0.15) is 18.5 Å². The van der Waals surface area contributed by atoms with Gasteiger partial charge in [-0.1, -0.05) is 162 Å². The number of likely N-dealkylation sites (N-methyl/N-ethyl adjacent to an activating group) is 1. The highest BCUT2D eigenvalue weighted by Gasteiger charge is 2.30. The van der Waals surface area contributed by atoms with Crippen molar-refractivity contribution in [3.05, 3.63) is 36.7 Å². The van der Waals surface area contributed by atoms with E-state index in [2.05, 4.69) is 32.7 Å². The lowest BCUT2D eigenvalue weighted by Crippen LogP contribution is -2.41. The largest absolute Gasteiger partial charge is 0.465 e. The van der Waals surface area contributed by atoms with Gasteiger partial charge in [0.15, 0.2) is 0 Å². The minimum atomic E-state index is -0.930. The van der Waals surface area contributed by atoms with Crippen molar-refractivity contribution < 1.29 is 62.0 Å². The zero-order chi connectivity index (χ0) is 56.9. The first-order valence-corrected chi connectivity index (χ1v) is 30.4. The molecule has 1 aromatic heterocycles. The molecule has 2 atom stereocenters. The van der Waals surface area contributed by atoms with Gasteiger partial charge >= 0.3 is 35.9 Å². The van der Waals surface area contributed by atoms with Crippen LogP contribution >= 0.6 is 0 Å². The summed E-state index contributed by atoms with van der Waals surface area (Å²) in [4.78, 5) is 100. The molecule has 2 heterocycles. The van der Waals surface area contributed by atoms with Crippen LogP contribution in [0.2, 0.25) is 0 Å². The molecule has 444 valence electrons. The summed E-state index contributed by atoms with van der Waals surface area (Å²) in [5.74, 6) is -4.04. The van der Waals surface area contributed by atoms with Crippen molar-refractivity contribution >= 4 is 47.4 Å². The van der Waals surface area contributed by atoms with Crippen LogP contribution in [0.5, 0.6) is 0 Å². The standard InChI is InChI=1S/C62H103N3O13/c1-6-10-14-18-22-26-30-57(67)74-47-52(48-75-58(68)31-27-23-19-15-11-7-2)43-55(66)42-51-34-35-56(46-65(45-51)62(72)73-41-40-64(5)54-36-38-63-39-37-54)78-61(71)44-53(49-76-59(69)32-28-24-20-16-12-8-3)50-77-60(70)33-29-25-21-17-13-9-4/h34-39,51-53,56H,6-33,40-50H2,1-5H3/t51-,56-/m0/s1. The first kappa shape index (κ1) is 69.1. The number of hydrogen-bond donors (Lipinski definition) is 0. The Balaban J connectivity index is 2.23. The Morgan fingerprint density at radius 1 is 0.513 bits per heavy atom. The monoisotopic (exact) mass is 1100 g/mol. The summed E-state index contributed by atoms with van der Waals surface area (Å²) in [5.41, 5.74) is 0.891. The van der Waals surface area contributed by atoms with Crippen molar-refractivity contribution in [3.8, 4) is 0 Å². The molecule has 0 saturated carbocycles. The number of hydrogen-bond acceptors (Lipinski definition) is 15. The predicted octanol–water partition coefficient (Wildman–Crippen LogP) is 13.2. The number of nitrogens with zero attached hydrogens (tertiary/aromatic N) is 3. The molecule has 0 aromatic carbocycles. The smallest absolute Gasteiger partial charge is 0.409 e. The Morgan fingerprint density at radius 3 is 1.33 bits per heavy atom. The van der Waals surface area contributed by atoms with Crippen molar-refractivity contribution in [1.82, 2.24) is 9.88 Å². The lowest BCUT2D eigenvalue weighted by Gasteiger charge is -2.27. The molecule has 16 heteroatoms. The maximum atomic E-state index is 14.0. The summed E-state index contributed by atoms with van der Waals surface area (Å²) in [6, 6.07) is 3.69. The molecule has 2 rings (SSSR count). The van der Waals surface area contributed by atoms with E-state index in [0.717, 1.165) is 134 Å². The summed E-state index contributed by atoms with van der Waals surface area (Å²) in [7, 11) is 1.87. The molecule has 0 spiro atoms. The summed E-state index contributed by atoms with van der Waals surface area (Å²) in [5, 5.41) is 0. The first-order valence-electron chi connectivity index (χ1n) is 30.4. The number of unbranched alkanes of at least 4 members (excludes halogenated alkanes) is 20. The van der Waals surface area contributed by atoms with E-state index in [0.29, 0.717) is 32.2 Å². The molecule has 0 N–H and O–H groups in total. The third-order valence-electron chi connectivity index (χ3n) is 14.1. The van der Waals surface area contributed by atoms with Gasteiger partial charge < -0.3 is 38.2 Å². The number of ketones is 1. The number of carbonyl (C=O) groups is 7. The average Bonchev–Trinajstić information content (AvgIpc) is 3.63. The SMILES string of the molecule is CCCCCCCCC(=O)OCC(COC(=O)CCCCCCCC)CC(=O)C[C@@H]1C=C[C@H](OC(=O)CC(COC(=O)CCCCCCCC)COC(=O)CCCCCCCC)CN(C(=O)OCCN(C)c2ccncc2)C1. The maximum absolute atomic E-state index is 14.0. The molecular weight excluding hydrogens is 995 g/mol. The number of esters is 5. The second-order valence-corrected chi connectivity index (χ2v) is 21.5. The van der Waals surface area contributed by atoms with Gasteiger partial charge in [-0.15, -0.1) is 0 Å². The van der Waals surface area contributed by atoms with Gasteiger partial charge in [-0.3, -0.25) is 33.8 Å². The number of Topliss-reactive ketones (excluding diaryl/α,β-unsaturated/α-hetero) is 1. The number of ether oxygens (including phenoxy) is 6. The van der Waals surface area contributed by atoms with E-state index < -0.39 is 35.9 Å². The Hall–Kier alpha value is -5.02. The summed E-state index contributed by atoms with van der Waals surface area (Å²) in [6.07, 6.45) is 30.5. The lowest BCUT2D eigenvalue weighted by atomic mass is 9.95. The second-order valence-electron chi connectivity index (χ2n) is 21.5. The van der Waals surface area contributed by atoms with Gasteiger partial charge in [0.05, 0.1) is 45.9 Å². The quantitative estimate of drug-likeness (QED) is 0.0259. The molecule has 1 amide bonds. The Morgan fingerprint density at radius 2 is 0.910 bits per heavy atom. The fourth-order valence-corrected chi connectivity index (χ4v) is 9.24. The molecule has 0 radical (unpaired) electrons.